The summed E-state index contributed by atoms with van der Waals surface area (Å²) in [6.45, 7) is 0. The molecule has 9 heteroatoms. The van der Waals surface area contributed by atoms with E-state index in [0.29, 0.717) is 5.66 Å². The van der Waals surface area contributed by atoms with Gasteiger partial charge in [-0.1, -0.05) is 12.8 Å². The van der Waals surface area contributed by atoms with E-state index in [1.54, 1.807) is 0 Å². The van der Waals surface area contributed by atoms with Crippen molar-refractivity contribution in [2.24, 2.45) is 0 Å². The zero-order chi connectivity index (χ0) is 21.5. The van der Waals surface area contributed by atoms with Crippen LogP contribution in [0.15, 0.2) is 5.57 Å². The van der Waals surface area contributed by atoms with Crippen molar-refractivity contribution in [3.8, 4) is 0 Å². The van der Waals surface area contributed by atoms with Crippen LogP contribution < -0.4 is 0 Å². The zero-order valence-corrected chi connectivity index (χ0v) is 18.6. The molecule has 3 aliphatic rings. The molecule has 0 bridgehead atoms. The maximum Gasteiger partial charge on any atom is 0.485 e. The second-order valence-corrected chi connectivity index (χ2v) is 13.2. The average Bonchev–Trinajstić information content (AvgIpc) is 2.69. The van der Waals surface area contributed by atoms with E-state index in [-0.39, 0.29) is 0 Å². The molecule has 0 spiro atoms. The molecule has 0 aliphatic heterocycles. The minimum atomic E-state index is -6.09. The first-order chi connectivity index (χ1) is 13.6. The first kappa shape index (κ1) is 24.8. The van der Waals surface area contributed by atoms with Crippen LogP contribution in [0.2, 0.25) is 0 Å². The lowest BCUT2D eigenvalue weighted by molar-refractivity contribution is -0.0517. The Balaban J connectivity index is 0.000000321. The van der Waals surface area contributed by atoms with E-state index in [9.17, 15) is 18.0 Å². The van der Waals surface area contributed by atoms with Crippen molar-refractivity contribution in [2.45, 2.75) is 112 Å². The van der Waals surface area contributed by atoms with Gasteiger partial charge < -0.3 is 4.55 Å². The Hall–Kier alpha value is -0.420. The van der Waals surface area contributed by atoms with E-state index in [2.05, 4.69) is 5.94 Å². The molecule has 0 saturated heterocycles. The van der Waals surface area contributed by atoms with Gasteiger partial charge in [0, 0.05) is 7.92 Å². The van der Waals surface area contributed by atoms with Crippen LogP contribution in [0.25, 0.3) is 0 Å². The van der Waals surface area contributed by atoms with Gasteiger partial charge in [0.25, 0.3) is 0 Å². The Morgan fingerprint density at radius 3 is 1.62 bits per heavy atom. The summed E-state index contributed by atoms with van der Waals surface area (Å²) < 4.78 is 58.9. The molecule has 0 aromatic rings. The van der Waals surface area contributed by atoms with Crippen molar-refractivity contribution in [3.05, 3.63) is 5.57 Å². The number of hydrogen-bond acceptors (Lipinski definition) is 4. The normalized spacial score (nSPS) is 25.3. The summed E-state index contributed by atoms with van der Waals surface area (Å²) in [4.78, 5) is 11.5. The van der Waals surface area contributed by atoms with Gasteiger partial charge in [-0.25, -0.2) is 13.2 Å². The number of halogens is 3. The van der Waals surface area contributed by atoms with Crippen molar-refractivity contribution in [2.75, 3.05) is 0 Å². The standard InChI is InChI=1S/C19H31OP.CHF3O3S/c20-15-16-9-7-8-14-19(16)21(17-10-3-1-4-11-17)18-12-5-2-6-13-18;2-1(3,4)8(5,6)7/h17-19H,1-14H2;(H,5,6,7). The van der Waals surface area contributed by atoms with Crippen molar-refractivity contribution < 1.29 is 30.9 Å². The van der Waals surface area contributed by atoms with Crippen molar-refractivity contribution >= 4 is 24.0 Å². The zero-order valence-electron chi connectivity index (χ0n) is 16.8. The Morgan fingerprint density at radius 2 is 1.24 bits per heavy atom. The van der Waals surface area contributed by atoms with Crippen LogP contribution in [0.4, 0.5) is 13.2 Å². The van der Waals surface area contributed by atoms with Gasteiger partial charge in [-0.05, 0) is 77.0 Å². The van der Waals surface area contributed by atoms with E-state index in [1.165, 1.54) is 89.0 Å². The average molecular weight is 457 g/mol. The molecule has 0 N–H and O–H groups in total. The molecule has 0 amide bonds. The summed E-state index contributed by atoms with van der Waals surface area (Å²) in [5.74, 6) is 2.40. The second-order valence-electron chi connectivity index (χ2n) is 8.50. The number of carbonyl (C=O) groups excluding carboxylic acids is 1. The molecule has 0 aromatic carbocycles. The highest BCUT2D eigenvalue weighted by molar-refractivity contribution is 7.86. The van der Waals surface area contributed by atoms with Gasteiger partial charge in [0.05, 0.1) is 22.6 Å². The minimum Gasteiger partial charge on any atom is -0.741 e. The van der Waals surface area contributed by atoms with Crippen molar-refractivity contribution in [1.29, 1.82) is 0 Å². The van der Waals surface area contributed by atoms with Crippen LogP contribution in [-0.2, 0) is 14.9 Å². The van der Waals surface area contributed by atoms with Crippen LogP contribution in [0, 0.1) is 0 Å². The Kier molecular flexibility index (Phi) is 9.66. The molecule has 0 aromatic heterocycles. The highest BCUT2D eigenvalue weighted by Gasteiger charge is 2.45. The smallest absolute Gasteiger partial charge is 0.485 e. The largest absolute Gasteiger partial charge is 0.741 e. The van der Waals surface area contributed by atoms with Crippen LogP contribution in [-0.4, -0.2) is 41.4 Å². The molecule has 1 atom stereocenters. The highest BCUT2D eigenvalue weighted by atomic mass is 32.2. The molecule has 29 heavy (non-hydrogen) atoms. The molecule has 0 radical (unpaired) electrons. The molecule has 3 saturated carbocycles. The van der Waals surface area contributed by atoms with E-state index in [4.69, 9.17) is 13.0 Å². The Bertz CT molecular complexity index is 644. The van der Waals surface area contributed by atoms with E-state index < -0.39 is 23.5 Å². The van der Waals surface area contributed by atoms with Crippen LogP contribution in [0.1, 0.15) is 89.9 Å². The predicted octanol–water partition coefficient (Wildman–Crippen LogP) is 5.62. The first-order valence-corrected chi connectivity index (χ1v) is 13.9. The van der Waals surface area contributed by atoms with Crippen molar-refractivity contribution in [1.82, 2.24) is 0 Å². The van der Waals surface area contributed by atoms with Crippen LogP contribution in [0.5, 0.6) is 0 Å². The van der Waals surface area contributed by atoms with Crippen molar-refractivity contribution in [3.63, 3.8) is 0 Å². The number of hydrogen-bond donors (Lipinski definition) is 0. The van der Waals surface area contributed by atoms with E-state index in [0.717, 1.165) is 17.7 Å². The lowest BCUT2D eigenvalue weighted by Gasteiger charge is -2.38. The quantitative estimate of drug-likeness (QED) is 0.239. The summed E-state index contributed by atoms with van der Waals surface area (Å²) in [6.07, 6.45) is 19.7. The molecule has 3 aliphatic carbocycles. The second kappa shape index (κ2) is 11.3. The van der Waals surface area contributed by atoms with Crippen LogP contribution >= 0.6 is 7.92 Å². The fraction of sp³-hybridized carbons (Fsp3) is 0.900. The SMILES string of the molecule is O=C=C1CCCCC1[PH+](C1CCCCC1)C1CCCCC1.O=S(=O)([O-])C(F)(F)F. The summed E-state index contributed by atoms with van der Waals surface area (Å²) >= 11 is 0. The summed E-state index contributed by atoms with van der Waals surface area (Å²) in [6, 6.07) is 0. The molecular formula is C20H32F3O4PS. The predicted molar refractivity (Wildman–Crippen MR) is 109 cm³/mol. The first-order valence-electron chi connectivity index (χ1n) is 10.8. The molecule has 3 rings (SSSR count). The minimum absolute atomic E-state index is 0.406. The summed E-state index contributed by atoms with van der Waals surface area (Å²) in [5.41, 5.74) is -1.71. The van der Waals surface area contributed by atoms with Gasteiger partial charge in [0.2, 0.25) is 0 Å². The maximum absolute atomic E-state index is 11.5. The van der Waals surface area contributed by atoms with Gasteiger partial charge in [0.1, 0.15) is 5.94 Å². The number of alkyl halides is 3. The van der Waals surface area contributed by atoms with Gasteiger partial charge in [-0.3, -0.25) is 0 Å². The molecule has 3 fully saturated rings. The molecule has 4 nitrogen and oxygen atoms in total. The molecular weight excluding hydrogens is 424 g/mol. The molecule has 0 heterocycles. The molecule has 168 valence electrons. The lowest BCUT2D eigenvalue weighted by Crippen LogP contribution is -2.29. The lowest BCUT2D eigenvalue weighted by atomic mass is 9.95. The summed E-state index contributed by atoms with van der Waals surface area (Å²) in [5, 5.41) is 0. The third kappa shape index (κ3) is 7.34. The van der Waals surface area contributed by atoms with Gasteiger partial charge in [0.15, 0.2) is 10.1 Å². The Labute approximate surface area is 173 Å². The van der Waals surface area contributed by atoms with Gasteiger partial charge in [-0.15, -0.1) is 0 Å². The topological polar surface area (TPSA) is 74.3 Å². The summed E-state index contributed by atoms with van der Waals surface area (Å²) in [7, 11) is -6.50. The molecule has 1 unspecified atom stereocenters. The van der Waals surface area contributed by atoms with E-state index in [1.807, 2.05) is 0 Å². The van der Waals surface area contributed by atoms with Gasteiger partial charge >= 0.3 is 5.51 Å². The number of rotatable bonds is 3. The fourth-order valence-corrected chi connectivity index (χ4v) is 10.4. The fourth-order valence-electron chi connectivity index (χ4n) is 5.28. The van der Waals surface area contributed by atoms with Gasteiger partial charge in [-0.2, -0.15) is 13.2 Å². The van der Waals surface area contributed by atoms with E-state index >= 15 is 0 Å². The van der Waals surface area contributed by atoms with Crippen LogP contribution in [0.3, 0.4) is 0 Å². The highest BCUT2D eigenvalue weighted by Crippen LogP contribution is 2.62. The number of allylic oxidation sites excluding steroid dienone is 1. The maximum atomic E-state index is 11.5. The third-order valence-corrected chi connectivity index (χ3v) is 11.6. The third-order valence-electron chi connectivity index (χ3n) is 6.58. The Morgan fingerprint density at radius 1 is 0.828 bits per heavy atom. The monoisotopic (exact) mass is 456 g/mol.